The van der Waals surface area contributed by atoms with Crippen molar-refractivity contribution in [3.8, 4) is 39.7 Å². The lowest BCUT2D eigenvalue weighted by Gasteiger charge is -2.09. The largest absolute Gasteiger partial charge is 0.493 e. The number of ether oxygens (including phenoxy) is 2. The third-order valence-electron chi connectivity index (χ3n) is 5.04. The van der Waals surface area contributed by atoms with Crippen molar-refractivity contribution in [3.63, 3.8) is 0 Å². The van der Waals surface area contributed by atoms with Crippen LogP contribution >= 0.6 is 11.6 Å². The number of hydrogen-bond donors (Lipinski definition) is 0. The summed E-state index contributed by atoms with van der Waals surface area (Å²) >= 11 is 6.07. The maximum Gasteiger partial charge on any atom is 0.175 e. The van der Waals surface area contributed by atoms with Crippen LogP contribution in [0.2, 0.25) is 5.02 Å². The van der Waals surface area contributed by atoms with Gasteiger partial charge in [-0.25, -0.2) is 13.1 Å². The van der Waals surface area contributed by atoms with Crippen LogP contribution in [-0.2, 0) is 9.84 Å². The molecule has 0 atom stereocenters. The van der Waals surface area contributed by atoms with Gasteiger partial charge in [-0.3, -0.25) is 0 Å². The zero-order valence-corrected chi connectivity index (χ0v) is 19.3. The Hall–Kier alpha value is -3.29. The number of sulfone groups is 1. The lowest BCUT2D eigenvalue weighted by molar-refractivity contribution is 0.355. The van der Waals surface area contributed by atoms with Crippen molar-refractivity contribution in [2.24, 2.45) is 0 Å². The van der Waals surface area contributed by atoms with Gasteiger partial charge in [-0.05, 0) is 60.7 Å². The smallest absolute Gasteiger partial charge is 0.175 e. The van der Waals surface area contributed by atoms with Crippen LogP contribution in [0, 0.1) is 0 Å². The summed E-state index contributed by atoms with van der Waals surface area (Å²) in [5.74, 6) is 1.23. The van der Waals surface area contributed by atoms with Crippen molar-refractivity contribution in [1.82, 2.24) is 9.78 Å². The third-order valence-corrected chi connectivity index (χ3v) is 6.42. The van der Waals surface area contributed by atoms with Gasteiger partial charge < -0.3 is 9.47 Å². The number of benzene rings is 3. The lowest BCUT2D eigenvalue weighted by atomic mass is 10.1. The first-order valence-corrected chi connectivity index (χ1v) is 12.0. The fraction of sp³-hybridized carbons (Fsp3) is 0.125. The molecule has 164 valence electrons. The average molecular weight is 469 g/mol. The minimum atomic E-state index is -3.29. The van der Waals surface area contributed by atoms with Crippen LogP contribution in [0.25, 0.3) is 28.2 Å². The maximum atomic E-state index is 11.8. The molecule has 1 heterocycles. The van der Waals surface area contributed by atoms with Gasteiger partial charge in [0, 0.05) is 22.4 Å². The van der Waals surface area contributed by atoms with E-state index in [1.807, 2.05) is 48.5 Å². The molecule has 0 amide bonds. The maximum absolute atomic E-state index is 11.8. The highest BCUT2D eigenvalue weighted by atomic mass is 35.5. The molecular formula is C24H21ClN2O4S. The molecule has 0 aliphatic heterocycles. The highest BCUT2D eigenvalue weighted by Gasteiger charge is 2.16. The van der Waals surface area contributed by atoms with E-state index in [1.165, 1.54) is 6.26 Å². The predicted octanol–water partition coefficient (Wildman–Crippen LogP) is 5.28. The van der Waals surface area contributed by atoms with Crippen LogP contribution in [0.5, 0.6) is 11.5 Å². The zero-order chi connectivity index (χ0) is 22.9. The van der Waals surface area contributed by atoms with E-state index in [0.717, 1.165) is 28.2 Å². The van der Waals surface area contributed by atoms with Crippen molar-refractivity contribution in [3.05, 3.63) is 77.8 Å². The predicted molar refractivity (Wildman–Crippen MR) is 126 cm³/mol. The summed E-state index contributed by atoms with van der Waals surface area (Å²) in [7, 11) is -0.117. The summed E-state index contributed by atoms with van der Waals surface area (Å²) in [5.41, 5.74) is 4.06. The Bertz CT molecular complexity index is 1360. The molecule has 0 aliphatic rings. The van der Waals surface area contributed by atoms with E-state index in [4.69, 9.17) is 26.2 Å². The summed E-state index contributed by atoms with van der Waals surface area (Å²) in [6.07, 6.45) is 1.18. The fourth-order valence-electron chi connectivity index (χ4n) is 3.38. The highest BCUT2D eigenvalue weighted by molar-refractivity contribution is 7.90. The molecule has 8 heteroatoms. The molecule has 32 heavy (non-hydrogen) atoms. The summed E-state index contributed by atoms with van der Waals surface area (Å²) in [4.78, 5) is 0.251. The number of nitrogens with zero attached hydrogens (tertiary/aromatic N) is 2. The van der Waals surface area contributed by atoms with Crippen molar-refractivity contribution < 1.29 is 17.9 Å². The molecule has 0 bridgehead atoms. The molecule has 0 spiro atoms. The fourth-order valence-corrected chi connectivity index (χ4v) is 4.13. The average Bonchev–Trinajstić information content (AvgIpc) is 3.24. The summed E-state index contributed by atoms with van der Waals surface area (Å²) in [5, 5.41) is 5.45. The number of rotatable bonds is 6. The van der Waals surface area contributed by atoms with Crippen LogP contribution in [0.3, 0.4) is 0 Å². The van der Waals surface area contributed by atoms with Gasteiger partial charge in [-0.1, -0.05) is 23.7 Å². The zero-order valence-electron chi connectivity index (χ0n) is 17.7. The number of methoxy groups -OCH3 is 2. The first-order valence-electron chi connectivity index (χ1n) is 9.69. The Labute approximate surface area is 191 Å². The van der Waals surface area contributed by atoms with Gasteiger partial charge in [0.1, 0.15) is 0 Å². The summed E-state index contributed by atoms with van der Waals surface area (Å²) in [6, 6.07) is 21.7. The Morgan fingerprint density at radius 3 is 2.03 bits per heavy atom. The van der Waals surface area contributed by atoms with Gasteiger partial charge in [-0.15, -0.1) is 0 Å². The molecule has 0 aliphatic carbocycles. The molecule has 1 aromatic heterocycles. The van der Waals surface area contributed by atoms with Crippen molar-refractivity contribution in [1.29, 1.82) is 0 Å². The van der Waals surface area contributed by atoms with Gasteiger partial charge in [0.15, 0.2) is 21.3 Å². The Morgan fingerprint density at radius 1 is 0.812 bits per heavy atom. The van der Waals surface area contributed by atoms with Crippen molar-refractivity contribution in [2.45, 2.75) is 4.90 Å². The van der Waals surface area contributed by atoms with Crippen LogP contribution in [0.4, 0.5) is 0 Å². The number of hydrogen-bond acceptors (Lipinski definition) is 5. The van der Waals surface area contributed by atoms with Crippen LogP contribution in [0.1, 0.15) is 0 Å². The standard InChI is InChI=1S/C24H21ClN2O4S/c1-30-23-13-6-17(14-24(23)31-2)21-15-22(16-4-7-18(25)8-5-16)27(26-21)19-9-11-20(12-10-19)32(3,28)29/h4-15H,1-3H3. The molecule has 0 saturated carbocycles. The van der Waals surface area contributed by atoms with E-state index in [0.29, 0.717) is 16.5 Å². The number of aromatic nitrogens is 2. The first-order chi connectivity index (χ1) is 15.3. The molecular weight excluding hydrogens is 448 g/mol. The van der Waals surface area contributed by atoms with E-state index in [2.05, 4.69) is 0 Å². The minimum Gasteiger partial charge on any atom is -0.493 e. The van der Waals surface area contributed by atoms with Crippen molar-refractivity contribution in [2.75, 3.05) is 20.5 Å². The van der Waals surface area contributed by atoms with E-state index in [9.17, 15) is 8.42 Å². The lowest BCUT2D eigenvalue weighted by Crippen LogP contribution is -2.01. The van der Waals surface area contributed by atoms with Crippen LogP contribution < -0.4 is 9.47 Å². The normalized spacial score (nSPS) is 11.4. The van der Waals surface area contributed by atoms with Crippen LogP contribution in [-0.4, -0.2) is 38.7 Å². The van der Waals surface area contributed by atoms with Gasteiger partial charge in [0.05, 0.1) is 36.2 Å². The van der Waals surface area contributed by atoms with E-state index >= 15 is 0 Å². The molecule has 3 aromatic carbocycles. The molecule has 0 N–H and O–H groups in total. The van der Waals surface area contributed by atoms with Gasteiger partial charge >= 0.3 is 0 Å². The second kappa shape index (κ2) is 8.68. The molecule has 4 aromatic rings. The molecule has 0 saturated heterocycles. The van der Waals surface area contributed by atoms with E-state index in [1.54, 1.807) is 43.2 Å². The number of halogens is 1. The molecule has 4 rings (SSSR count). The Balaban J connectivity index is 1.87. The van der Waals surface area contributed by atoms with Gasteiger partial charge in [0.25, 0.3) is 0 Å². The molecule has 0 unspecified atom stereocenters. The molecule has 0 fully saturated rings. The summed E-state index contributed by atoms with van der Waals surface area (Å²) < 4.78 is 36.2. The SMILES string of the molecule is COc1ccc(-c2cc(-c3ccc(Cl)cc3)n(-c3ccc(S(C)(=O)=O)cc3)n2)cc1OC. The van der Waals surface area contributed by atoms with Gasteiger partial charge in [-0.2, -0.15) is 5.10 Å². The molecule has 0 radical (unpaired) electrons. The first kappa shape index (κ1) is 21.9. The van der Waals surface area contributed by atoms with E-state index in [-0.39, 0.29) is 4.90 Å². The second-order valence-electron chi connectivity index (χ2n) is 7.17. The van der Waals surface area contributed by atoms with Crippen molar-refractivity contribution >= 4 is 21.4 Å². The minimum absolute atomic E-state index is 0.251. The van der Waals surface area contributed by atoms with Gasteiger partial charge in [0.2, 0.25) is 0 Å². The Kier molecular flexibility index (Phi) is 5.95. The second-order valence-corrected chi connectivity index (χ2v) is 9.62. The van der Waals surface area contributed by atoms with Crippen LogP contribution in [0.15, 0.2) is 77.7 Å². The topological polar surface area (TPSA) is 70.4 Å². The summed E-state index contributed by atoms with van der Waals surface area (Å²) in [6.45, 7) is 0. The van der Waals surface area contributed by atoms with E-state index < -0.39 is 9.84 Å². The monoisotopic (exact) mass is 468 g/mol. The quantitative estimate of drug-likeness (QED) is 0.385. The highest BCUT2D eigenvalue weighted by Crippen LogP contribution is 2.34. The molecule has 6 nitrogen and oxygen atoms in total. The Morgan fingerprint density at radius 2 is 1.44 bits per heavy atom. The third kappa shape index (κ3) is 4.35.